The number of nitrogens with two attached hydrogens (primary N) is 1. The van der Waals surface area contributed by atoms with Crippen molar-refractivity contribution in [3.05, 3.63) is 35.8 Å². The molecule has 0 atom stereocenters. The molecule has 2 heterocycles. The van der Waals surface area contributed by atoms with Crippen LogP contribution in [-0.2, 0) is 6.18 Å². The van der Waals surface area contributed by atoms with E-state index in [2.05, 4.69) is 15.1 Å². The first-order chi connectivity index (χ1) is 10.2. The SMILES string of the molecule is CC(C)n1cc(C(F)(F)F)nc1-c1ccc(/C(N)=N/O)cn1. The van der Waals surface area contributed by atoms with Gasteiger partial charge >= 0.3 is 6.18 Å². The molecule has 0 fully saturated rings. The van der Waals surface area contributed by atoms with Crippen LogP contribution in [0.5, 0.6) is 0 Å². The lowest BCUT2D eigenvalue weighted by molar-refractivity contribution is -0.140. The maximum Gasteiger partial charge on any atom is 0.434 e. The number of rotatable bonds is 3. The zero-order chi connectivity index (χ0) is 16.5. The van der Waals surface area contributed by atoms with Gasteiger partial charge in [0.2, 0.25) is 0 Å². The first-order valence-corrected chi connectivity index (χ1v) is 6.34. The second-order valence-corrected chi connectivity index (χ2v) is 4.87. The standard InChI is InChI=1S/C13H14F3N5O/c1-7(2)21-6-10(13(14,15)16)19-12(21)9-4-3-8(5-18-9)11(17)20-22/h3-7,22H,1-2H3,(H2,17,20). The highest BCUT2D eigenvalue weighted by Gasteiger charge is 2.35. The molecular formula is C13H14F3N5O. The Balaban J connectivity index is 2.49. The fraction of sp³-hybridized carbons (Fsp3) is 0.308. The van der Waals surface area contributed by atoms with Crippen molar-refractivity contribution in [2.75, 3.05) is 0 Å². The molecule has 2 aromatic rings. The molecular weight excluding hydrogens is 299 g/mol. The first-order valence-electron chi connectivity index (χ1n) is 6.34. The predicted octanol–water partition coefficient (Wildman–Crippen LogP) is 2.64. The quantitative estimate of drug-likeness (QED) is 0.394. The lowest BCUT2D eigenvalue weighted by atomic mass is 10.2. The third-order valence-electron chi connectivity index (χ3n) is 2.98. The molecule has 3 N–H and O–H groups in total. The van der Waals surface area contributed by atoms with Gasteiger partial charge in [-0.3, -0.25) is 4.98 Å². The molecule has 9 heteroatoms. The van der Waals surface area contributed by atoms with E-state index in [4.69, 9.17) is 10.9 Å². The number of oxime groups is 1. The Morgan fingerprint density at radius 1 is 1.36 bits per heavy atom. The lowest BCUT2D eigenvalue weighted by Crippen LogP contribution is -2.13. The number of amidine groups is 1. The summed E-state index contributed by atoms with van der Waals surface area (Å²) in [4.78, 5) is 7.67. The molecule has 0 saturated carbocycles. The lowest BCUT2D eigenvalue weighted by Gasteiger charge is -2.10. The molecule has 22 heavy (non-hydrogen) atoms. The maximum atomic E-state index is 12.8. The summed E-state index contributed by atoms with van der Waals surface area (Å²) in [5.41, 5.74) is 5.05. The van der Waals surface area contributed by atoms with Crippen LogP contribution in [0.1, 0.15) is 31.1 Å². The molecule has 2 aromatic heterocycles. The van der Waals surface area contributed by atoms with Crippen LogP contribution in [0.4, 0.5) is 13.2 Å². The maximum absolute atomic E-state index is 12.8. The molecule has 0 saturated heterocycles. The van der Waals surface area contributed by atoms with Gasteiger partial charge in [-0.2, -0.15) is 13.2 Å². The van der Waals surface area contributed by atoms with Crippen LogP contribution in [0, 0.1) is 0 Å². The molecule has 0 aliphatic rings. The summed E-state index contributed by atoms with van der Waals surface area (Å²) in [5.74, 6) is -0.0318. The van der Waals surface area contributed by atoms with Crippen molar-refractivity contribution < 1.29 is 18.4 Å². The largest absolute Gasteiger partial charge is 0.434 e. The number of hydrogen-bond acceptors (Lipinski definition) is 4. The minimum Gasteiger partial charge on any atom is -0.409 e. The normalized spacial score (nSPS) is 12.9. The summed E-state index contributed by atoms with van der Waals surface area (Å²) in [5, 5.41) is 11.4. The van der Waals surface area contributed by atoms with E-state index in [0.29, 0.717) is 5.56 Å². The fourth-order valence-corrected chi connectivity index (χ4v) is 1.85. The molecule has 0 aromatic carbocycles. The molecule has 0 amide bonds. The van der Waals surface area contributed by atoms with Crippen LogP contribution in [0.2, 0.25) is 0 Å². The number of halogens is 3. The van der Waals surface area contributed by atoms with Gasteiger partial charge in [-0.25, -0.2) is 4.98 Å². The Bertz CT molecular complexity index is 689. The van der Waals surface area contributed by atoms with Gasteiger partial charge in [0.1, 0.15) is 5.69 Å². The van der Waals surface area contributed by atoms with E-state index in [1.807, 2.05) is 0 Å². The number of aromatic nitrogens is 3. The number of alkyl halides is 3. The average Bonchev–Trinajstić information content (AvgIpc) is 2.92. The van der Waals surface area contributed by atoms with Crippen molar-refractivity contribution in [2.24, 2.45) is 10.9 Å². The van der Waals surface area contributed by atoms with E-state index < -0.39 is 11.9 Å². The molecule has 0 radical (unpaired) electrons. The topological polar surface area (TPSA) is 89.3 Å². The van der Waals surface area contributed by atoms with Crippen molar-refractivity contribution >= 4 is 5.84 Å². The summed E-state index contributed by atoms with van der Waals surface area (Å²) < 4.78 is 39.9. The summed E-state index contributed by atoms with van der Waals surface area (Å²) in [6.07, 6.45) is -2.26. The van der Waals surface area contributed by atoms with Crippen LogP contribution in [-0.4, -0.2) is 25.6 Å². The van der Waals surface area contributed by atoms with E-state index in [0.717, 1.165) is 6.20 Å². The Kier molecular flexibility index (Phi) is 4.07. The molecule has 118 valence electrons. The van der Waals surface area contributed by atoms with E-state index in [9.17, 15) is 13.2 Å². The molecule has 2 rings (SSSR count). The average molecular weight is 313 g/mol. The van der Waals surface area contributed by atoms with E-state index in [1.54, 1.807) is 13.8 Å². The van der Waals surface area contributed by atoms with E-state index >= 15 is 0 Å². The zero-order valence-electron chi connectivity index (χ0n) is 11.8. The zero-order valence-corrected chi connectivity index (χ0v) is 11.8. The van der Waals surface area contributed by atoms with Crippen molar-refractivity contribution in [3.63, 3.8) is 0 Å². The molecule has 0 aliphatic heterocycles. The van der Waals surface area contributed by atoms with Crippen LogP contribution in [0.25, 0.3) is 11.5 Å². The third kappa shape index (κ3) is 3.02. The Morgan fingerprint density at radius 3 is 2.50 bits per heavy atom. The van der Waals surface area contributed by atoms with E-state index in [1.165, 1.54) is 22.9 Å². The Morgan fingerprint density at radius 2 is 2.05 bits per heavy atom. The molecule has 0 spiro atoms. The molecule has 0 aliphatic carbocycles. The summed E-state index contributed by atoms with van der Waals surface area (Å²) >= 11 is 0. The minimum absolute atomic E-state index is 0.105. The monoisotopic (exact) mass is 313 g/mol. The van der Waals surface area contributed by atoms with Gasteiger partial charge in [-0.15, -0.1) is 0 Å². The highest BCUT2D eigenvalue weighted by molar-refractivity contribution is 5.96. The highest BCUT2D eigenvalue weighted by atomic mass is 19.4. The number of pyridine rings is 1. The number of nitrogens with zero attached hydrogens (tertiary/aromatic N) is 4. The highest BCUT2D eigenvalue weighted by Crippen LogP contribution is 2.31. The van der Waals surface area contributed by atoms with Gasteiger partial charge < -0.3 is 15.5 Å². The van der Waals surface area contributed by atoms with Gasteiger partial charge in [0.15, 0.2) is 17.4 Å². The fourth-order valence-electron chi connectivity index (χ4n) is 1.85. The second-order valence-electron chi connectivity index (χ2n) is 4.87. The first kappa shape index (κ1) is 15.8. The van der Waals surface area contributed by atoms with Crippen LogP contribution in [0.3, 0.4) is 0 Å². The van der Waals surface area contributed by atoms with Crippen molar-refractivity contribution in [2.45, 2.75) is 26.1 Å². The van der Waals surface area contributed by atoms with Crippen LogP contribution < -0.4 is 5.73 Å². The number of imidazole rings is 1. The Labute approximate surface area is 124 Å². The summed E-state index contributed by atoms with van der Waals surface area (Å²) in [7, 11) is 0. The van der Waals surface area contributed by atoms with Gasteiger partial charge in [-0.05, 0) is 26.0 Å². The molecule has 6 nitrogen and oxygen atoms in total. The smallest absolute Gasteiger partial charge is 0.409 e. The van der Waals surface area contributed by atoms with Gasteiger partial charge in [-0.1, -0.05) is 5.16 Å². The second kappa shape index (κ2) is 5.66. The van der Waals surface area contributed by atoms with Crippen molar-refractivity contribution in [1.29, 1.82) is 0 Å². The third-order valence-corrected chi connectivity index (χ3v) is 2.98. The van der Waals surface area contributed by atoms with Gasteiger partial charge in [0.25, 0.3) is 0 Å². The minimum atomic E-state index is -4.52. The van der Waals surface area contributed by atoms with Crippen molar-refractivity contribution in [1.82, 2.24) is 14.5 Å². The number of hydrogen-bond donors (Lipinski definition) is 2. The van der Waals surface area contributed by atoms with E-state index in [-0.39, 0.29) is 23.4 Å². The summed E-state index contributed by atoms with van der Waals surface area (Å²) in [6.45, 7) is 3.49. The van der Waals surface area contributed by atoms with Crippen LogP contribution in [0.15, 0.2) is 29.7 Å². The summed E-state index contributed by atoms with van der Waals surface area (Å²) in [6, 6.07) is 2.74. The molecule has 0 bridgehead atoms. The van der Waals surface area contributed by atoms with Gasteiger partial charge in [0.05, 0.1) is 0 Å². The predicted molar refractivity (Wildman–Crippen MR) is 73.4 cm³/mol. The van der Waals surface area contributed by atoms with Gasteiger partial charge in [0, 0.05) is 24.0 Å². The Hall–Kier alpha value is -2.58. The molecule has 0 unspecified atom stereocenters. The van der Waals surface area contributed by atoms with Crippen molar-refractivity contribution in [3.8, 4) is 11.5 Å². The van der Waals surface area contributed by atoms with Crippen LogP contribution >= 0.6 is 0 Å².